The SMILES string of the molecule is CCOC(=O)c1sc(NC(=O)CSCC(=O)Nc2ccc(C)cc2)c(C(=O)OCC)c1C. The number of thioether (sulfide) groups is 1. The molecular weight excluding hydrogens is 452 g/mol. The third-order valence-electron chi connectivity index (χ3n) is 4.14. The molecule has 2 N–H and O–H groups in total. The van der Waals surface area contributed by atoms with Crippen molar-refractivity contribution in [2.24, 2.45) is 0 Å². The highest BCUT2D eigenvalue weighted by molar-refractivity contribution is 8.00. The van der Waals surface area contributed by atoms with E-state index in [1.165, 1.54) is 0 Å². The largest absolute Gasteiger partial charge is 0.462 e. The van der Waals surface area contributed by atoms with Gasteiger partial charge in [-0.1, -0.05) is 17.7 Å². The quantitative estimate of drug-likeness (QED) is 0.496. The standard InChI is InChI=1S/C22H26N2O6S2/c1-5-29-21(27)18-14(4)19(22(28)30-6-2)32-20(18)24-17(26)12-31-11-16(25)23-15-9-7-13(3)8-10-15/h7-10H,5-6,11-12H2,1-4H3,(H,23,25)(H,24,26). The zero-order valence-electron chi connectivity index (χ0n) is 18.4. The van der Waals surface area contributed by atoms with Gasteiger partial charge in [0.05, 0.1) is 30.3 Å². The number of carbonyl (C=O) groups is 4. The number of esters is 2. The molecule has 0 radical (unpaired) electrons. The van der Waals surface area contributed by atoms with Gasteiger partial charge in [-0.25, -0.2) is 9.59 Å². The molecule has 0 spiro atoms. The van der Waals surface area contributed by atoms with E-state index in [1.54, 1.807) is 20.8 Å². The lowest BCUT2D eigenvalue weighted by molar-refractivity contribution is -0.114. The Kier molecular flexibility index (Phi) is 9.73. The maximum atomic E-state index is 12.4. The summed E-state index contributed by atoms with van der Waals surface area (Å²) in [5.41, 5.74) is 2.30. The van der Waals surface area contributed by atoms with Gasteiger partial charge in [-0.3, -0.25) is 9.59 Å². The number of hydrogen-bond donors (Lipinski definition) is 2. The average Bonchev–Trinajstić information content (AvgIpc) is 3.06. The molecule has 1 aromatic carbocycles. The van der Waals surface area contributed by atoms with Crippen LogP contribution in [0.25, 0.3) is 0 Å². The topological polar surface area (TPSA) is 111 Å². The Bertz CT molecular complexity index is 985. The van der Waals surface area contributed by atoms with Crippen molar-refractivity contribution >= 4 is 57.5 Å². The molecule has 2 rings (SSSR count). The lowest BCUT2D eigenvalue weighted by Crippen LogP contribution is -2.19. The fourth-order valence-electron chi connectivity index (χ4n) is 2.68. The van der Waals surface area contributed by atoms with Gasteiger partial charge in [0, 0.05) is 5.69 Å². The van der Waals surface area contributed by atoms with Crippen LogP contribution >= 0.6 is 23.1 Å². The summed E-state index contributed by atoms with van der Waals surface area (Å²) in [5, 5.41) is 5.64. The first-order valence-electron chi connectivity index (χ1n) is 9.98. The molecule has 0 aliphatic carbocycles. The van der Waals surface area contributed by atoms with E-state index in [2.05, 4.69) is 10.6 Å². The van der Waals surface area contributed by atoms with E-state index in [9.17, 15) is 19.2 Å². The average molecular weight is 479 g/mol. The minimum Gasteiger partial charge on any atom is -0.462 e. The minimum absolute atomic E-state index is 0.00469. The van der Waals surface area contributed by atoms with Gasteiger partial charge in [-0.05, 0) is 45.4 Å². The van der Waals surface area contributed by atoms with E-state index >= 15 is 0 Å². The van der Waals surface area contributed by atoms with Crippen molar-refractivity contribution in [3.05, 3.63) is 45.8 Å². The zero-order valence-corrected chi connectivity index (χ0v) is 20.0. The van der Waals surface area contributed by atoms with Crippen LogP contribution in [0.3, 0.4) is 0 Å². The van der Waals surface area contributed by atoms with Crippen molar-refractivity contribution in [2.45, 2.75) is 27.7 Å². The first-order chi connectivity index (χ1) is 15.3. The van der Waals surface area contributed by atoms with Gasteiger partial charge in [0.25, 0.3) is 0 Å². The Morgan fingerprint density at radius 3 is 2.03 bits per heavy atom. The summed E-state index contributed by atoms with van der Waals surface area (Å²) in [4.78, 5) is 49.3. The highest BCUT2D eigenvalue weighted by atomic mass is 32.2. The van der Waals surface area contributed by atoms with Crippen LogP contribution in [0.2, 0.25) is 0 Å². The molecule has 0 bridgehead atoms. The summed E-state index contributed by atoms with van der Waals surface area (Å²) in [7, 11) is 0. The van der Waals surface area contributed by atoms with Crippen LogP contribution in [0.5, 0.6) is 0 Å². The summed E-state index contributed by atoms with van der Waals surface area (Å²) < 4.78 is 10.1. The van der Waals surface area contributed by atoms with Crippen molar-refractivity contribution in [3.8, 4) is 0 Å². The number of hydrogen-bond acceptors (Lipinski definition) is 8. The van der Waals surface area contributed by atoms with Crippen LogP contribution < -0.4 is 10.6 Å². The van der Waals surface area contributed by atoms with E-state index in [4.69, 9.17) is 9.47 Å². The summed E-state index contributed by atoms with van der Waals surface area (Å²) in [6, 6.07) is 7.40. The van der Waals surface area contributed by atoms with Gasteiger partial charge in [-0.15, -0.1) is 23.1 Å². The predicted octanol–water partition coefficient (Wildman–Crippen LogP) is 4.03. The highest BCUT2D eigenvalue weighted by Crippen LogP contribution is 2.34. The summed E-state index contributed by atoms with van der Waals surface area (Å²) >= 11 is 2.10. The summed E-state index contributed by atoms with van der Waals surface area (Å²) in [6.45, 7) is 7.26. The van der Waals surface area contributed by atoms with Crippen molar-refractivity contribution in [1.29, 1.82) is 0 Å². The van der Waals surface area contributed by atoms with E-state index in [1.807, 2.05) is 31.2 Å². The maximum absolute atomic E-state index is 12.4. The van der Waals surface area contributed by atoms with Crippen molar-refractivity contribution in [3.63, 3.8) is 0 Å². The molecule has 8 nitrogen and oxygen atoms in total. The Morgan fingerprint density at radius 1 is 0.875 bits per heavy atom. The fourth-order valence-corrected chi connectivity index (χ4v) is 4.40. The number of thiophene rings is 1. The molecule has 0 atom stereocenters. The van der Waals surface area contributed by atoms with Gasteiger partial charge >= 0.3 is 11.9 Å². The number of benzene rings is 1. The third kappa shape index (κ3) is 7.10. The van der Waals surface area contributed by atoms with Crippen molar-refractivity contribution in [1.82, 2.24) is 0 Å². The van der Waals surface area contributed by atoms with Crippen molar-refractivity contribution in [2.75, 3.05) is 35.4 Å². The molecule has 10 heteroatoms. The van der Waals surface area contributed by atoms with Crippen LogP contribution in [0.15, 0.2) is 24.3 Å². The lowest BCUT2D eigenvalue weighted by Gasteiger charge is -2.08. The molecule has 0 aliphatic heterocycles. The van der Waals surface area contributed by atoms with Crippen LogP contribution in [0.1, 0.15) is 45.0 Å². The Labute approximate surface area is 195 Å². The molecule has 0 saturated carbocycles. The van der Waals surface area contributed by atoms with Gasteiger partial charge in [0.15, 0.2) is 0 Å². The molecular formula is C22H26N2O6S2. The van der Waals surface area contributed by atoms with Crippen LogP contribution in [-0.2, 0) is 19.1 Å². The number of amides is 2. The molecule has 172 valence electrons. The van der Waals surface area contributed by atoms with Crippen LogP contribution in [0.4, 0.5) is 10.7 Å². The molecule has 0 saturated heterocycles. The van der Waals surface area contributed by atoms with Crippen LogP contribution in [0, 0.1) is 13.8 Å². The van der Waals surface area contributed by atoms with E-state index in [0.29, 0.717) is 11.3 Å². The second-order valence-electron chi connectivity index (χ2n) is 6.66. The van der Waals surface area contributed by atoms with Gasteiger partial charge in [-0.2, -0.15) is 0 Å². The van der Waals surface area contributed by atoms with Gasteiger partial charge in [0.2, 0.25) is 11.8 Å². The molecule has 0 aliphatic rings. The number of carbonyl (C=O) groups excluding carboxylic acids is 4. The number of ether oxygens (including phenoxy) is 2. The predicted molar refractivity (Wildman–Crippen MR) is 127 cm³/mol. The second-order valence-corrected chi connectivity index (χ2v) is 8.66. The Morgan fingerprint density at radius 2 is 1.44 bits per heavy atom. The first-order valence-corrected chi connectivity index (χ1v) is 12.0. The molecule has 2 amide bonds. The number of anilines is 2. The molecule has 0 unspecified atom stereocenters. The summed E-state index contributed by atoms with van der Waals surface area (Å²) in [5.74, 6) is -1.74. The smallest absolute Gasteiger partial charge is 0.348 e. The third-order valence-corrected chi connectivity index (χ3v) is 6.26. The number of aryl methyl sites for hydroxylation is 1. The first kappa shape index (κ1) is 25.4. The maximum Gasteiger partial charge on any atom is 0.348 e. The molecule has 1 heterocycles. The van der Waals surface area contributed by atoms with E-state index in [-0.39, 0.29) is 46.1 Å². The zero-order chi connectivity index (χ0) is 23.7. The highest BCUT2D eigenvalue weighted by Gasteiger charge is 2.27. The molecule has 0 fully saturated rings. The second kappa shape index (κ2) is 12.3. The molecule has 1 aromatic heterocycles. The number of nitrogens with one attached hydrogen (secondary N) is 2. The normalized spacial score (nSPS) is 10.4. The monoisotopic (exact) mass is 478 g/mol. The van der Waals surface area contributed by atoms with Crippen LogP contribution in [-0.4, -0.2) is 48.5 Å². The van der Waals surface area contributed by atoms with Crippen molar-refractivity contribution < 1.29 is 28.7 Å². The molecule has 2 aromatic rings. The molecule has 32 heavy (non-hydrogen) atoms. The fraction of sp³-hybridized carbons (Fsp3) is 0.364. The van der Waals surface area contributed by atoms with E-state index < -0.39 is 17.8 Å². The Hall–Kier alpha value is -2.85. The number of rotatable bonds is 10. The van der Waals surface area contributed by atoms with Gasteiger partial charge < -0.3 is 20.1 Å². The minimum atomic E-state index is -0.628. The van der Waals surface area contributed by atoms with Gasteiger partial charge in [0.1, 0.15) is 9.88 Å². The summed E-state index contributed by atoms with van der Waals surface area (Å²) in [6.07, 6.45) is 0. The Balaban J connectivity index is 1.99. The lowest BCUT2D eigenvalue weighted by atomic mass is 10.1. The van der Waals surface area contributed by atoms with E-state index in [0.717, 1.165) is 28.7 Å².